The Balaban J connectivity index is 1.38. The van der Waals surface area contributed by atoms with Crippen molar-refractivity contribution in [3.05, 3.63) is 41.5 Å². The number of nitrogens with one attached hydrogen (secondary N) is 1. The predicted octanol–water partition coefficient (Wildman–Crippen LogP) is 3.36. The SMILES string of the molecule is COCC(=O)NC1CCC(CCN2CC=C(c3cccc(C#N)c3)CC2)CC1. The second-order valence-corrected chi connectivity index (χ2v) is 7.98. The molecule has 28 heavy (non-hydrogen) atoms. The van der Waals surface area contributed by atoms with Crippen molar-refractivity contribution in [1.29, 1.82) is 5.26 Å². The number of methoxy groups -OCH3 is 1. The van der Waals surface area contributed by atoms with E-state index >= 15 is 0 Å². The average molecular weight is 382 g/mol. The second kappa shape index (κ2) is 10.4. The summed E-state index contributed by atoms with van der Waals surface area (Å²) in [4.78, 5) is 14.2. The monoisotopic (exact) mass is 381 g/mol. The van der Waals surface area contributed by atoms with Gasteiger partial charge in [-0.2, -0.15) is 5.26 Å². The molecule has 5 nitrogen and oxygen atoms in total. The zero-order chi connectivity index (χ0) is 19.8. The van der Waals surface area contributed by atoms with Gasteiger partial charge in [0.2, 0.25) is 5.91 Å². The molecule has 5 heteroatoms. The first-order chi connectivity index (χ1) is 13.7. The Kier molecular flexibility index (Phi) is 7.64. The third kappa shape index (κ3) is 5.92. The van der Waals surface area contributed by atoms with Gasteiger partial charge in [-0.15, -0.1) is 0 Å². The molecule has 3 rings (SSSR count). The summed E-state index contributed by atoms with van der Waals surface area (Å²) < 4.78 is 4.88. The van der Waals surface area contributed by atoms with Crippen LogP contribution in [-0.2, 0) is 9.53 Å². The quantitative estimate of drug-likeness (QED) is 0.787. The molecule has 0 bridgehead atoms. The molecule has 1 aromatic rings. The molecule has 1 saturated carbocycles. The number of nitriles is 1. The number of carbonyl (C=O) groups is 1. The van der Waals surface area contributed by atoms with Gasteiger partial charge in [0, 0.05) is 26.2 Å². The third-order valence-corrected chi connectivity index (χ3v) is 6.00. The molecule has 0 aromatic heterocycles. The summed E-state index contributed by atoms with van der Waals surface area (Å²) in [6, 6.07) is 10.5. The van der Waals surface area contributed by atoms with Crippen molar-refractivity contribution in [1.82, 2.24) is 10.2 Å². The highest BCUT2D eigenvalue weighted by molar-refractivity contribution is 5.77. The standard InChI is InChI=1S/C23H31N3O2/c1-28-17-23(27)25-22-7-5-18(6-8-22)9-12-26-13-10-20(11-14-26)21-4-2-3-19(15-21)16-24/h2-4,10,15,18,22H,5-9,11-14,17H2,1H3,(H,25,27). The number of nitrogens with zero attached hydrogens (tertiary/aromatic N) is 2. The summed E-state index contributed by atoms with van der Waals surface area (Å²) in [5, 5.41) is 12.1. The number of benzene rings is 1. The van der Waals surface area contributed by atoms with E-state index in [-0.39, 0.29) is 12.5 Å². The smallest absolute Gasteiger partial charge is 0.246 e. The van der Waals surface area contributed by atoms with Gasteiger partial charge >= 0.3 is 0 Å². The normalized spacial score (nSPS) is 22.9. The molecule has 0 unspecified atom stereocenters. The lowest BCUT2D eigenvalue weighted by atomic mass is 9.84. The Bertz CT molecular complexity index is 730. The van der Waals surface area contributed by atoms with Crippen LogP contribution in [0.1, 0.15) is 49.7 Å². The number of amides is 1. The highest BCUT2D eigenvalue weighted by Gasteiger charge is 2.23. The highest BCUT2D eigenvalue weighted by atomic mass is 16.5. The maximum absolute atomic E-state index is 11.6. The molecule has 1 aliphatic carbocycles. The fourth-order valence-corrected chi connectivity index (χ4v) is 4.33. The first kappa shape index (κ1) is 20.6. The van der Waals surface area contributed by atoms with Gasteiger partial charge in [-0.1, -0.05) is 18.2 Å². The van der Waals surface area contributed by atoms with Crippen LogP contribution in [0.3, 0.4) is 0 Å². The van der Waals surface area contributed by atoms with E-state index in [1.807, 2.05) is 18.2 Å². The number of ether oxygens (including phenoxy) is 1. The minimum absolute atomic E-state index is 0.00200. The molecular formula is C23H31N3O2. The number of hydrogen-bond acceptors (Lipinski definition) is 4. The minimum atomic E-state index is 0.00200. The molecule has 0 saturated heterocycles. The average Bonchev–Trinajstić information content (AvgIpc) is 2.74. The van der Waals surface area contributed by atoms with Crippen LogP contribution in [0.25, 0.3) is 5.57 Å². The Hall–Kier alpha value is -2.16. The molecule has 1 heterocycles. The Morgan fingerprint density at radius 2 is 2.14 bits per heavy atom. The molecule has 1 aliphatic heterocycles. The number of hydrogen-bond donors (Lipinski definition) is 1. The van der Waals surface area contributed by atoms with Crippen molar-refractivity contribution in [3.8, 4) is 6.07 Å². The largest absolute Gasteiger partial charge is 0.375 e. The molecule has 0 atom stereocenters. The van der Waals surface area contributed by atoms with Crippen LogP contribution >= 0.6 is 0 Å². The lowest BCUT2D eigenvalue weighted by Gasteiger charge is -2.32. The van der Waals surface area contributed by atoms with Gasteiger partial charge in [0.15, 0.2) is 0 Å². The molecule has 150 valence electrons. The summed E-state index contributed by atoms with van der Waals surface area (Å²) in [6.07, 6.45) is 9.18. The number of carbonyl (C=O) groups excluding carboxylic acids is 1. The summed E-state index contributed by atoms with van der Waals surface area (Å²) in [5.41, 5.74) is 3.28. The van der Waals surface area contributed by atoms with Crippen LogP contribution in [0.5, 0.6) is 0 Å². The van der Waals surface area contributed by atoms with Gasteiger partial charge in [-0.25, -0.2) is 0 Å². The second-order valence-electron chi connectivity index (χ2n) is 7.98. The van der Waals surface area contributed by atoms with Crippen LogP contribution in [-0.4, -0.2) is 50.2 Å². The van der Waals surface area contributed by atoms with Crippen molar-refractivity contribution in [2.75, 3.05) is 33.4 Å². The number of rotatable bonds is 7. The third-order valence-electron chi connectivity index (χ3n) is 6.00. The molecule has 0 radical (unpaired) electrons. The van der Waals surface area contributed by atoms with Crippen molar-refractivity contribution >= 4 is 11.5 Å². The highest BCUT2D eigenvalue weighted by Crippen LogP contribution is 2.28. The van der Waals surface area contributed by atoms with E-state index in [9.17, 15) is 4.79 Å². The van der Waals surface area contributed by atoms with E-state index in [0.29, 0.717) is 6.04 Å². The van der Waals surface area contributed by atoms with Gasteiger partial charge < -0.3 is 10.1 Å². The lowest BCUT2D eigenvalue weighted by molar-refractivity contribution is -0.125. The van der Waals surface area contributed by atoms with Gasteiger partial charge in [-0.05, 0) is 74.3 Å². The zero-order valence-corrected chi connectivity index (χ0v) is 16.8. The van der Waals surface area contributed by atoms with Crippen LogP contribution in [0.4, 0.5) is 0 Å². The first-order valence-electron chi connectivity index (χ1n) is 10.4. The van der Waals surface area contributed by atoms with E-state index < -0.39 is 0 Å². The van der Waals surface area contributed by atoms with Crippen molar-refractivity contribution in [2.24, 2.45) is 5.92 Å². The molecule has 1 aromatic carbocycles. The van der Waals surface area contributed by atoms with E-state index in [2.05, 4.69) is 28.4 Å². The van der Waals surface area contributed by atoms with Crippen LogP contribution in [0.2, 0.25) is 0 Å². The van der Waals surface area contributed by atoms with Crippen molar-refractivity contribution < 1.29 is 9.53 Å². The van der Waals surface area contributed by atoms with Crippen molar-refractivity contribution in [3.63, 3.8) is 0 Å². The summed E-state index contributed by atoms with van der Waals surface area (Å²) in [7, 11) is 1.55. The van der Waals surface area contributed by atoms with E-state index in [0.717, 1.165) is 50.4 Å². The maximum atomic E-state index is 11.6. The zero-order valence-electron chi connectivity index (χ0n) is 16.8. The molecular weight excluding hydrogens is 350 g/mol. The van der Waals surface area contributed by atoms with E-state index in [1.54, 1.807) is 7.11 Å². The van der Waals surface area contributed by atoms with Gasteiger partial charge in [0.1, 0.15) is 6.61 Å². The van der Waals surface area contributed by atoms with E-state index in [1.165, 1.54) is 30.4 Å². The van der Waals surface area contributed by atoms with Crippen LogP contribution in [0, 0.1) is 17.2 Å². The molecule has 1 N–H and O–H groups in total. The first-order valence-corrected chi connectivity index (χ1v) is 10.4. The van der Waals surface area contributed by atoms with Crippen LogP contribution in [0.15, 0.2) is 30.3 Å². The molecule has 0 spiro atoms. The Labute approximate surface area is 168 Å². The summed E-state index contributed by atoms with van der Waals surface area (Å²) >= 11 is 0. The lowest BCUT2D eigenvalue weighted by Crippen LogP contribution is -2.39. The molecule has 1 amide bonds. The predicted molar refractivity (Wildman–Crippen MR) is 111 cm³/mol. The fourth-order valence-electron chi connectivity index (χ4n) is 4.33. The van der Waals surface area contributed by atoms with E-state index in [4.69, 9.17) is 10.00 Å². The fraction of sp³-hybridized carbons (Fsp3) is 0.565. The van der Waals surface area contributed by atoms with Crippen LogP contribution < -0.4 is 5.32 Å². The van der Waals surface area contributed by atoms with Gasteiger partial charge in [-0.3, -0.25) is 9.69 Å². The maximum Gasteiger partial charge on any atom is 0.246 e. The minimum Gasteiger partial charge on any atom is -0.375 e. The summed E-state index contributed by atoms with van der Waals surface area (Å²) in [6.45, 7) is 3.39. The Morgan fingerprint density at radius 3 is 2.82 bits per heavy atom. The van der Waals surface area contributed by atoms with Gasteiger partial charge in [0.05, 0.1) is 11.6 Å². The molecule has 2 aliphatic rings. The Morgan fingerprint density at radius 1 is 1.32 bits per heavy atom. The van der Waals surface area contributed by atoms with Gasteiger partial charge in [0.25, 0.3) is 0 Å². The summed E-state index contributed by atoms with van der Waals surface area (Å²) in [5.74, 6) is 0.774. The van der Waals surface area contributed by atoms with Crippen molar-refractivity contribution in [2.45, 2.75) is 44.6 Å². The molecule has 1 fully saturated rings. The topological polar surface area (TPSA) is 65.4 Å².